The number of hydrogen-bond acceptors (Lipinski definition) is 3. The molecule has 2 aromatic rings. The molecule has 0 fully saturated rings. The first-order chi connectivity index (χ1) is 11.0. The van der Waals surface area contributed by atoms with E-state index in [9.17, 15) is 35.2 Å². The first-order valence-electron chi connectivity index (χ1n) is 5.94. The van der Waals surface area contributed by atoms with Crippen molar-refractivity contribution in [3.63, 3.8) is 0 Å². The van der Waals surface area contributed by atoms with Crippen LogP contribution in [0.4, 0.5) is 27.6 Å². The molecule has 0 saturated heterocycles. The summed E-state index contributed by atoms with van der Waals surface area (Å²) in [6.45, 7) is 0. The molecule has 0 spiro atoms. The summed E-state index contributed by atoms with van der Waals surface area (Å²) in [6, 6.07) is 3.80. The molecule has 24 heavy (non-hydrogen) atoms. The second-order valence-electron chi connectivity index (χ2n) is 4.40. The van der Waals surface area contributed by atoms with Gasteiger partial charge < -0.3 is 5.32 Å². The Bertz CT molecular complexity index is 917. The van der Waals surface area contributed by atoms with Crippen molar-refractivity contribution < 1.29 is 39.7 Å². The van der Waals surface area contributed by atoms with Crippen molar-refractivity contribution in [1.29, 1.82) is 0 Å². The highest BCUT2D eigenvalue weighted by Crippen LogP contribution is 2.24. The molecule has 0 unspecified atom stereocenters. The van der Waals surface area contributed by atoms with Gasteiger partial charge in [0.15, 0.2) is 23.3 Å². The van der Waals surface area contributed by atoms with E-state index in [1.807, 2.05) is 0 Å². The molecule has 0 bridgehead atoms. The normalized spacial score (nSPS) is 11.4. The van der Waals surface area contributed by atoms with E-state index in [-0.39, 0.29) is 5.69 Å². The first-order valence-corrected chi connectivity index (χ1v) is 7.38. The van der Waals surface area contributed by atoms with Gasteiger partial charge in [-0.25, -0.2) is 22.0 Å². The Labute approximate surface area is 131 Å². The van der Waals surface area contributed by atoms with Crippen molar-refractivity contribution in [3.8, 4) is 0 Å². The van der Waals surface area contributed by atoms with Crippen LogP contribution < -0.4 is 5.32 Å². The van der Waals surface area contributed by atoms with E-state index in [0.29, 0.717) is 0 Å². The summed E-state index contributed by atoms with van der Waals surface area (Å²) in [5.41, 5.74) is -2.09. The summed E-state index contributed by atoms with van der Waals surface area (Å²) < 4.78 is 96.8. The number of hydrogen-bond donors (Lipinski definition) is 2. The molecule has 0 saturated carbocycles. The zero-order valence-electron chi connectivity index (χ0n) is 11.3. The van der Waals surface area contributed by atoms with E-state index in [1.165, 1.54) is 0 Å². The van der Waals surface area contributed by atoms with Gasteiger partial charge in [-0.3, -0.25) is 9.35 Å². The van der Waals surface area contributed by atoms with E-state index in [1.54, 1.807) is 5.32 Å². The molecule has 11 heteroatoms. The molecular weight excluding hydrogens is 361 g/mol. The SMILES string of the molecule is O=C(Nc1cccc(S(=O)(=O)O)c1)c1c(F)c(F)c(F)c(F)c1F. The molecule has 2 rings (SSSR count). The van der Waals surface area contributed by atoms with E-state index < -0.39 is 55.6 Å². The van der Waals surface area contributed by atoms with Gasteiger partial charge in [0.1, 0.15) is 5.56 Å². The summed E-state index contributed by atoms with van der Waals surface area (Å²) in [7, 11) is -4.63. The molecule has 0 aliphatic heterocycles. The number of benzene rings is 2. The smallest absolute Gasteiger partial charge is 0.294 e. The molecule has 5 nitrogen and oxygen atoms in total. The number of carbonyl (C=O) groups is 1. The van der Waals surface area contributed by atoms with E-state index >= 15 is 0 Å². The minimum atomic E-state index is -4.63. The molecule has 128 valence electrons. The van der Waals surface area contributed by atoms with Crippen LogP contribution in [0, 0.1) is 29.1 Å². The average Bonchev–Trinajstić information content (AvgIpc) is 2.50. The van der Waals surface area contributed by atoms with Crippen LogP contribution in [-0.4, -0.2) is 18.9 Å². The lowest BCUT2D eigenvalue weighted by Gasteiger charge is -2.09. The second-order valence-corrected chi connectivity index (χ2v) is 5.82. The molecule has 1 amide bonds. The van der Waals surface area contributed by atoms with E-state index in [4.69, 9.17) is 4.55 Å². The number of anilines is 1. The first kappa shape index (κ1) is 17.8. The van der Waals surface area contributed by atoms with Gasteiger partial charge in [0.25, 0.3) is 16.0 Å². The van der Waals surface area contributed by atoms with Crippen LogP contribution >= 0.6 is 0 Å². The highest BCUT2D eigenvalue weighted by Gasteiger charge is 2.29. The Morgan fingerprint density at radius 2 is 1.42 bits per heavy atom. The van der Waals surface area contributed by atoms with Crippen molar-refractivity contribution in [2.45, 2.75) is 4.90 Å². The molecule has 0 aliphatic rings. The topological polar surface area (TPSA) is 83.5 Å². The monoisotopic (exact) mass is 367 g/mol. The molecule has 2 aromatic carbocycles. The minimum Gasteiger partial charge on any atom is -0.322 e. The molecule has 0 aromatic heterocycles. The Morgan fingerprint density at radius 3 is 1.92 bits per heavy atom. The van der Waals surface area contributed by atoms with Crippen molar-refractivity contribution in [1.82, 2.24) is 0 Å². The number of carbonyl (C=O) groups excluding carboxylic acids is 1. The Kier molecular flexibility index (Phi) is 4.58. The van der Waals surface area contributed by atoms with Gasteiger partial charge in [-0.05, 0) is 18.2 Å². The zero-order chi connectivity index (χ0) is 18.2. The van der Waals surface area contributed by atoms with Gasteiger partial charge in [-0.1, -0.05) is 6.07 Å². The number of nitrogens with one attached hydrogen (secondary N) is 1. The predicted molar refractivity (Wildman–Crippen MR) is 70.4 cm³/mol. The maximum atomic E-state index is 13.5. The van der Waals surface area contributed by atoms with Crippen molar-refractivity contribution in [3.05, 3.63) is 58.9 Å². The highest BCUT2D eigenvalue weighted by atomic mass is 32.2. The fourth-order valence-electron chi connectivity index (χ4n) is 1.73. The van der Waals surface area contributed by atoms with Crippen LogP contribution in [0.3, 0.4) is 0 Å². The highest BCUT2D eigenvalue weighted by molar-refractivity contribution is 7.85. The van der Waals surface area contributed by atoms with E-state index in [2.05, 4.69) is 0 Å². The van der Waals surface area contributed by atoms with Gasteiger partial charge in [-0.2, -0.15) is 8.42 Å². The summed E-state index contributed by atoms with van der Waals surface area (Å²) in [5, 5.41) is 1.78. The number of halogens is 5. The van der Waals surface area contributed by atoms with Gasteiger partial charge in [0.05, 0.1) is 4.90 Å². The largest absolute Gasteiger partial charge is 0.322 e. The number of amides is 1. The molecule has 2 N–H and O–H groups in total. The van der Waals surface area contributed by atoms with Crippen LogP contribution in [0.15, 0.2) is 29.2 Å². The summed E-state index contributed by atoms with van der Waals surface area (Å²) in [4.78, 5) is 11.1. The third-order valence-electron chi connectivity index (χ3n) is 2.83. The van der Waals surface area contributed by atoms with Gasteiger partial charge in [0, 0.05) is 5.69 Å². The van der Waals surface area contributed by atoms with Gasteiger partial charge >= 0.3 is 0 Å². The summed E-state index contributed by atoms with van der Waals surface area (Å²) in [5.74, 6) is -13.4. The van der Waals surface area contributed by atoms with Crippen molar-refractivity contribution >= 4 is 21.7 Å². The van der Waals surface area contributed by atoms with Crippen molar-refractivity contribution in [2.75, 3.05) is 5.32 Å². The molecular formula is C13H6F5NO4S. The third kappa shape index (κ3) is 3.21. The maximum Gasteiger partial charge on any atom is 0.294 e. The summed E-state index contributed by atoms with van der Waals surface area (Å²) in [6.07, 6.45) is 0. The fraction of sp³-hybridized carbons (Fsp3) is 0. The van der Waals surface area contributed by atoms with Crippen LogP contribution in [0.1, 0.15) is 10.4 Å². The van der Waals surface area contributed by atoms with Crippen LogP contribution in [0.2, 0.25) is 0 Å². The standard InChI is InChI=1S/C13H6F5NO4S/c14-8-7(9(15)11(17)12(18)10(8)16)13(20)19-5-2-1-3-6(4-5)24(21,22)23/h1-4H,(H,19,20)(H,21,22,23). The Hall–Kier alpha value is -2.53. The minimum absolute atomic E-state index is 0.362. The second kappa shape index (κ2) is 6.17. The fourth-order valence-corrected chi connectivity index (χ4v) is 2.26. The zero-order valence-corrected chi connectivity index (χ0v) is 12.1. The molecule has 0 atom stereocenters. The third-order valence-corrected chi connectivity index (χ3v) is 3.68. The Balaban J connectivity index is 2.46. The van der Waals surface area contributed by atoms with Gasteiger partial charge in [0.2, 0.25) is 5.82 Å². The average molecular weight is 367 g/mol. The lowest BCUT2D eigenvalue weighted by Crippen LogP contribution is -2.19. The number of rotatable bonds is 3. The molecule has 0 radical (unpaired) electrons. The van der Waals surface area contributed by atoms with Gasteiger partial charge in [-0.15, -0.1) is 0 Å². The molecule has 0 heterocycles. The predicted octanol–water partition coefficient (Wildman–Crippen LogP) is 2.88. The lowest BCUT2D eigenvalue weighted by atomic mass is 10.1. The molecule has 0 aliphatic carbocycles. The Morgan fingerprint density at radius 1 is 0.917 bits per heavy atom. The van der Waals surface area contributed by atoms with Crippen LogP contribution in [0.25, 0.3) is 0 Å². The van der Waals surface area contributed by atoms with Crippen LogP contribution in [-0.2, 0) is 10.1 Å². The van der Waals surface area contributed by atoms with Crippen LogP contribution in [0.5, 0.6) is 0 Å². The summed E-state index contributed by atoms with van der Waals surface area (Å²) >= 11 is 0. The van der Waals surface area contributed by atoms with E-state index in [0.717, 1.165) is 24.3 Å². The van der Waals surface area contributed by atoms with Crippen molar-refractivity contribution in [2.24, 2.45) is 0 Å². The quantitative estimate of drug-likeness (QED) is 0.378. The maximum absolute atomic E-state index is 13.5. The lowest BCUT2D eigenvalue weighted by molar-refractivity contribution is 0.101.